The predicted molar refractivity (Wildman–Crippen MR) is 76.6 cm³/mol. The molecule has 0 aromatic heterocycles. The van der Waals surface area contributed by atoms with E-state index in [1.807, 2.05) is 12.1 Å². The van der Waals surface area contributed by atoms with Crippen molar-refractivity contribution in [1.82, 2.24) is 10.2 Å². The zero-order chi connectivity index (χ0) is 14.2. The summed E-state index contributed by atoms with van der Waals surface area (Å²) in [6.45, 7) is 4.59. The molecule has 1 aromatic carbocycles. The van der Waals surface area contributed by atoms with Crippen LogP contribution < -0.4 is 5.32 Å². The lowest BCUT2D eigenvalue weighted by molar-refractivity contribution is 0.0527. The smallest absolute Gasteiger partial charge is 0.261 e. The largest absolute Gasteiger partial charge is 0.316 e. The van der Waals surface area contributed by atoms with Crippen molar-refractivity contribution in [1.29, 1.82) is 0 Å². The summed E-state index contributed by atoms with van der Waals surface area (Å²) in [6, 6.07) is 7.11. The quantitative estimate of drug-likeness (QED) is 0.857. The minimum atomic E-state index is -0.135. The van der Waals surface area contributed by atoms with Crippen molar-refractivity contribution in [2.45, 2.75) is 26.2 Å². The first-order chi connectivity index (χ1) is 9.67. The van der Waals surface area contributed by atoms with E-state index >= 15 is 0 Å². The first-order valence-electron chi connectivity index (χ1n) is 7.33. The van der Waals surface area contributed by atoms with E-state index in [0.29, 0.717) is 17.7 Å². The van der Waals surface area contributed by atoms with Crippen molar-refractivity contribution in [3.63, 3.8) is 0 Å². The van der Waals surface area contributed by atoms with E-state index in [2.05, 4.69) is 12.2 Å². The minimum absolute atomic E-state index is 0.0333. The van der Waals surface area contributed by atoms with E-state index in [-0.39, 0.29) is 17.2 Å². The van der Waals surface area contributed by atoms with Gasteiger partial charge in [-0.05, 0) is 37.9 Å². The lowest BCUT2D eigenvalue weighted by atomic mass is 9.78. The number of imide groups is 1. The molecule has 0 saturated carbocycles. The Balaban J connectivity index is 1.85. The number of benzene rings is 1. The average Bonchev–Trinajstić information content (AvgIpc) is 2.74. The van der Waals surface area contributed by atoms with Crippen molar-refractivity contribution in [3.8, 4) is 0 Å². The fourth-order valence-electron chi connectivity index (χ4n) is 3.30. The van der Waals surface area contributed by atoms with E-state index in [0.717, 1.165) is 32.4 Å². The van der Waals surface area contributed by atoms with Crippen LogP contribution in [0.15, 0.2) is 24.3 Å². The summed E-state index contributed by atoms with van der Waals surface area (Å²) in [5, 5.41) is 3.40. The summed E-state index contributed by atoms with van der Waals surface area (Å²) in [4.78, 5) is 26.3. The molecule has 1 fully saturated rings. The number of piperidine rings is 1. The van der Waals surface area contributed by atoms with Crippen LogP contribution >= 0.6 is 0 Å². The molecule has 2 aliphatic heterocycles. The number of nitrogens with zero attached hydrogens (tertiary/aromatic N) is 1. The monoisotopic (exact) mass is 272 g/mol. The second kappa shape index (κ2) is 5.02. The molecule has 1 atom stereocenters. The average molecular weight is 272 g/mol. The lowest BCUT2D eigenvalue weighted by Crippen LogP contribution is -2.48. The first-order valence-corrected chi connectivity index (χ1v) is 7.33. The van der Waals surface area contributed by atoms with Crippen LogP contribution in [0, 0.1) is 5.41 Å². The van der Waals surface area contributed by atoms with Crippen LogP contribution in [0.2, 0.25) is 0 Å². The van der Waals surface area contributed by atoms with Crippen LogP contribution in [0.5, 0.6) is 0 Å². The fourth-order valence-corrected chi connectivity index (χ4v) is 3.30. The molecule has 2 heterocycles. The van der Waals surface area contributed by atoms with E-state index in [1.54, 1.807) is 12.1 Å². The van der Waals surface area contributed by atoms with Crippen molar-refractivity contribution < 1.29 is 9.59 Å². The maximum Gasteiger partial charge on any atom is 0.261 e. The lowest BCUT2D eigenvalue weighted by Gasteiger charge is -2.39. The number of carbonyl (C=O) groups excluding carboxylic acids is 2. The van der Waals surface area contributed by atoms with Crippen LogP contribution in [0.25, 0.3) is 0 Å². The Morgan fingerprint density at radius 2 is 1.85 bits per heavy atom. The molecule has 0 bridgehead atoms. The second-order valence-electron chi connectivity index (χ2n) is 5.88. The van der Waals surface area contributed by atoms with Crippen molar-refractivity contribution in [2.24, 2.45) is 5.41 Å². The van der Waals surface area contributed by atoms with Gasteiger partial charge in [0.1, 0.15) is 0 Å². The molecule has 1 saturated heterocycles. The van der Waals surface area contributed by atoms with Crippen molar-refractivity contribution in [2.75, 3.05) is 19.6 Å². The highest BCUT2D eigenvalue weighted by Crippen LogP contribution is 2.34. The highest BCUT2D eigenvalue weighted by Gasteiger charge is 2.41. The van der Waals surface area contributed by atoms with Gasteiger partial charge in [-0.25, -0.2) is 0 Å². The van der Waals surface area contributed by atoms with E-state index in [1.165, 1.54) is 4.90 Å². The summed E-state index contributed by atoms with van der Waals surface area (Å²) in [6.07, 6.45) is 3.16. The first kappa shape index (κ1) is 13.3. The van der Waals surface area contributed by atoms with Gasteiger partial charge in [0.05, 0.1) is 11.1 Å². The molecule has 4 nitrogen and oxygen atoms in total. The molecule has 3 rings (SSSR count). The molecule has 2 amide bonds. The molecule has 20 heavy (non-hydrogen) atoms. The van der Waals surface area contributed by atoms with E-state index < -0.39 is 0 Å². The van der Waals surface area contributed by atoms with Gasteiger partial charge in [0.25, 0.3) is 11.8 Å². The SMILES string of the molecule is CCC1(CN2C(=O)c3ccccc3C2=O)CCCNC1. The molecule has 1 aromatic rings. The zero-order valence-electron chi connectivity index (χ0n) is 11.8. The van der Waals surface area contributed by atoms with Crippen LogP contribution in [-0.4, -0.2) is 36.3 Å². The number of carbonyl (C=O) groups is 2. The molecular formula is C16H20N2O2. The van der Waals surface area contributed by atoms with Gasteiger partial charge in [-0.1, -0.05) is 19.1 Å². The molecule has 1 N–H and O–H groups in total. The van der Waals surface area contributed by atoms with Gasteiger partial charge in [0.2, 0.25) is 0 Å². The van der Waals surface area contributed by atoms with Gasteiger partial charge in [-0.3, -0.25) is 14.5 Å². The Bertz CT molecular complexity index is 512. The normalized spacial score (nSPS) is 25.9. The maximum absolute atomic E-state index is 12.4. The predicted octanol–water partition coefficient (Wildman–Crippen LogP) is 2.06. The van der Waals surface area contributed by atoms with E-state index in [4.69, 9.17) is 0 Å². The van der Waals surface area contributed by atoms with Gasteiger partial charge in [0.15, 0.2) is 0 Å². The van der Waals surface area contributed by atoms with Gasteiger partial charge < -0.3 is 5.32 Å². The number of amides is 2. The molecule has 0 radical (unpaired) electrons. The summed E-state index contributed by atoms with van der Waals surface area (Å²) < 4.78 is 0. The Hall–Kier alpha value is -1.68. The molecule has 2 aliphatic rings. The molecule has 1 unspecified atom stereocenters. The van der Waals surface area contributed by atoms with E-state index in [9.17, 15) is 9.59 Å². The third kappa shape index (κ3) is 2.04. The summed E-state index contributed by atoms with van der Waals surface area (Å²) in [7, 11) is 0. The van der Waals surface area contributed by atoms with Crippen molar-refractivity contribution in [3.05, 3.63) is 35.4 Å². The third-order valence-electron chi connectivity index (χ3n) is 4.68. The second-order valence-corrected chi connectivity index (χ2v) is 5.88. The molecule has 0 spiro atoms. The number of nitrogens with one attached hydrogen (secondary N) is 1. The Labute approximate surface area is 119 Å². The van der Waals surface area contributed by atoms with Crippen LogP contribution in [0.1, 0.15) is 46.9 Å². The zero-order valence-corrected chi connectivity index (χ0v) is 11.8. The Morgan fingerprint density at radius 3 is 2.35 bits per heavy atom. The fraction of sp³-hybridized carbons (Fsp3) is 0.500. The highest BCUT2D eigenvalue weighted by molar-refractivity contribution is 6.21. The van der Waals surface area contributed by atoms with Gasteiger partial charge in [0, 0.05) is 18.5 Å². The van der Waals surface area contributed by atoms with Crippen LogP contribution in [-0.2, 0) is 0 Å². The number of hydrogen-bond acceptors (Lipinski definition) is 3. The van der Waals surface area contributed by atoms with Crippen LogP contribution in [0.4, 0.5) is 0 Å². The summed E-state index contributed by atoms with van der Waals surface area (Å²) in [5.74, 6) is -0.270. The summed E-state index contributed by atoms with van der Waals surface area (Å²) >= 11 is 0. The standard InChI is InChI=1S/C16H20N2O2/c1-2-16(8-5-9-17-10-16)11-18-14(19)12-6-3-4-7-13(12)15(18)20/h3-4,6-7,17H,2,5,8-11H2,1H3. The number of fused-ring (bicyclic) bond motifs is 1. The van der Waals surface area contributed by atoms with Gasteiger partial charge >= 0.3 is 0 Å². The number of rotatable bonds is 3. The third-order valence-corrected chi connectivity index (χ3v) is 4.68. The Morgan fingerprint density at radius 1 is 1.20 bits per heavy atom. The summed E-state index contributed by atoms with van der Waals surface area (Å²) in [5.41, 5.74) is 1.13. The Kier molecular flexibility index (Phi) is 3.34. The van der Waals surface area contributed by atoms with Gasteiger partial charge in [-0.2, -0.15) is 0 Å². The topological polar surface area (TPSA) is 49.4 Å². The molecular weight excluding hydrogens is 252 g/mol. The molecule has 106 valence electrons. The molecule has 4 heteroatoms. The minimum Gasteiger partial charge on any atom is -0.316 e. The highest BCUT2D eigenvalue weighted by atomic mass is 16.2. The van der Waals surface area contributed by atoms with Crippen LogP contribution in [0.3, 0.4) is 0 Å². The molecule has 0 aliphatic carbocycles. The van der Waals surface area contributed by atoms with Crippen molar-refractivity contribution >= 4 is 11.8 Å². The van der Waals surface area contributed by atoms with Gasteiger partial charge in [-0.15, -0.1) is 0 Å². The number of hydrogen-bond donors (Lipinski definition) is 1. The maximum atomic E-state index is 12.4.